The maximum Gasteiger partial charge on any atom is 0.140 e. The van der Waals surface area contributed by atoms with Crippen LogP contribution >= 0.6 is 0 Å². The van der Waals surface area contributed by atoms with E-state index in [1.807, 2.05) is 19.2 Å². The Labute approximate surface area is 126 Å². The second kappa shape index (κ2) is 7.53. The fraction of sp³-hybridized carbons (Fsp3) is 0.588. The molecule has 2 unspecified atom stereocenters. The van der Waals surface area contributed by atoms with Gasteiger partial charge in [0.1, 0.15) is 11.9 Å². The Hall–Kier alpha value is -1.44. The van der Waals surface area contributed by atoms with Gasteiger partial charge in [-0.05, 0) is 69.6 Å². The van der Waals surface area contributed by atoms with Crippen LogP contribution in [0.2, 0.25) is 0 Å². The van der Waals surface area contributed by atoms with E-state index < -0.39 is 5.82 Å². The third kappa shape index (κ3) is 3.61. The van der Waals surface area contributed by atoms with Crippen LogP contribution in [0.25, 0.3) is 0 Å². The first kappa shape index (κ1) is 15.9. The van der Waals surface area contributed by atoms with Crippen LogP contribution in [0.4, 0.5) is 4.39 Å². The number of nitrogens with one attached hydrogen (secondary N) is 1. The van der Waals surface area contributed by atoms with Gasteiger partial charge >= 0.3 is 0 Å². The van der Waals surface area contributed by atoms with Gasteiger partial charge < -0.3 is 5.32 Å². The van der Waals surface area contributed by atoms with E-state index in [1.54, 1.807) is 6.07 Å². The summed E-state index contributed by atoms with van der Waals surface area (Å²) in [6.07, 6.45) is 3.48. The SMILES string of the molecule is CCCN1CCCC(CNC)C1c1ccc(F)c(C#N)c1. The number of likely N-dealkylation sites (tertiary alicyclic amines) is 1. The van der Waals surface area contributed by atoms with Gasteiger partial charge in [0, 0.05) is 6.04 Å². The molecule has 21 heavy (non-hydrogen) atoms. The van der Waals surface area contributed by atoms with Crippen LogP contribution in [-0.2, 0) is 0 Å². The van der Waals surface area contributed by atoms with Crippen LogP contribution in [0.15, 0.2) is 18.2 Å². The van der Waals surface area contributed by atoms with Crippen LogP contribution in [0, 0.1) is 23.1 Å². The molecule has 1 saturated heterocycles. The van der Waals surface area contributed by atoms with E-state index >= 15 is 0 Å². The predicted molar refractivity (Wildman–Crippen MR) is 82.4 cm³/mol. The molecule has 1 N–H and O–H groups in total. The van der Waals surface area contributed by atoms with Gasteiger partial charge in [-0.2, -0.15) is 5.26 Å². The van der Waals surface area contributed by atoms with E-state index in [1.165, 1.54) is 18.9 Å². The number of hydrogen-bond donors (Lipinski definition) is 1. The summed E-state index contributed by atoms with van der Waals surface area (Å²) in [6.45, 7) is 5.26. The van der Waals surface area contributed by atoms with Gasteiger partial charge in [0.15, 0.2) is 0 Å². The molecule has 114 valence electrons. The van der Waals surface area contributed by atoms with Gasteiger partial charge in [0.25, 0.3) is 0 Å². The Morgan fingerprint density at radius 1 is 1.48 bits per heavy atom. The first-order chi connectivity index (χ1) is 10.2. The Bertz CT molecular complexity index is 491. The molecule has 2 atom stereocenters. The normalized spacial score (nSPS) is 23.0. The van der Waals surface area contributed by atoms with Gasteiger partial charge in [-0.3, -0.25) is 4.90 Å². The van der Waals surface area contributed by atoms with E-state index in [0.717, 1.165) is 31.6 Å². The number of hydrogen-bond acceptors (Lipinski definition) is 3. The van der Waals surface area contributed by atoms with Crippen molar-refractivity contribution >= 4 is 0 Å². The Kier molecular flexibility index (Phi) is 5.72. The van der Waals surface area contributed by atoms with Crippen LogP contribution in [0.1, 0.15) is 43.4 Å². The molecule has 0 bridgehead atoms. The molecular weight excluding hydrogens is 265 g/mol. The monoisotopic (exact) mass is 289 g/mol. The molecule has 0 aliphatic carbocycles. The molecule has 1 aliphatic rings. The maximum atomic E-state index is 13.6. The van der Waals surface area contributed by atoms with Crippen molar-refractivity contribution in [3.8, 4) is 6.07 Å². The summed E-state index contributed by atoms with van der Waals surface area (Å²) in [7, 11) is 1.97. The second-order valence-electron chi connectivity index (χ2n) is 5.79. The van der Waals surface area contributed by atoms with Crippen molar-refractivity contribution < 1.29 is 4.39 Å². The molecule has 1 heterocycles. The van der Waals surface area contributed by atoms with E-state index in [0.29, 0.717) is 5.92 Å². The van der Waals surface area contributed by atoms with Crippen molar-refractivity contribution in [2.45, 2.75) is 32.2 Å². The third-order valence-corrected chi connectivity index (χ3v) is 4.29. The Balaban J connectivity index is 2.35. The Morgan fingerprint density at radius 2 is 2.29 bits per heavy atom. The second-order valence-corrected chi connectivity index (χ2v) is 5.79. The number of halogens is 1. The van der Waals surface area contributed by atoms with Crippen LogP contribution in [-0.4, -0.2) is 31.6 Å². The quantitative estimate of drug-likeness (QED) is 0.905. The van der Waals surface area contributed by atoms with Gasteiger partial charge in [-0.1, -0.05) is 13.0 Å². The highest BCUT2D eigenvalue weighted by molar-refractivity contribution is 5.36. The lowest BCUT2D eigenvalue weighted by Crippen LogP contribution is -2.42. The van der Waals surface area contributed by atoms with Crippen molar-refractivity contribution in [2.75, 3.05) is 26.7 Å². The molecular formula is C17H24FN3. The number of rotatable bonds is 5. The maximum absolute atomic E-state index is 13.6. The summed E-state index contributed by atoms with van der Waals surface area (Å²) in [6, 6.07) is 7.25. The van der Waals surface area contributed by atoms with Crippen molar-refractivity contribution in [2.24, 2.45) is 5.92 Å². The number of benzene rings is 1. The van der Waals surface area contributed by atoms with E-state index in [-0.39, 0.29) is 11.6 Å². The standard InChI is InChI=1S/C17H24FN3/c1-3-8-21-9-4-5-14(12-20-2)17(21)13-6-7-16(18)15(10-13)11-19/h6-7,10,14,17,20H,3-5,8-9,12H2,1-2H3. The van der Waals surface area contributed by atoms with Crippen molar-refractivity contribution in [3.05, 3.63) is 35.1 Å². The summed E-state index contributed by atoms with van der Waals surface area (Å²) < 4.78 is 13.6. The highest BCUT2D eigenvalue weighted by atomic mass is 19.1. The average Bonchev–Trinajstić information content (AvgIpc) is 2.49. The predicted octanol–water partition coefficient (Wildman–Crippen LogP) is 3.08. The minimum Gasteiger partial charge on any atom is -0.319 e. The lowest BCUT2D eigenvalue weighted by Gasteiger charge is -2.42. The van der Waals surface area contributed by atoms with Crippen LogP contribution in [0.5, 0.6) is 0 Å². The summed E-state index contributed by atoms with van der Waals surface area (Å²) in [4.78, 5) is 2.49. The number of nitriles is 1. The number of piperidine rings is 1. The van der Waals surface area contributed by atoms with Gasteiger partial charge in [-0.15, -0.1) is 0 Å². The number of nitrogens with zero attached hydrogens (tertiary/aromatic N) is 2. The van der Waals surface area contributed by atoms with E-state index in [9.17, 15) is 4.39 Å². The first-order valence-electron chi connectivity index (χ1n) is 7.79. The zero-order chi connectivity index (χ0) is 15.2. The average molecular weight is 289 g/mol. The van der Waals surface area contributed by atoms with Crippen molar-refractivity contribution in [3.63, 3.8) is 0 Å². The minimum atomic E-state index is -0.427. The van der Waals surface area contributed by atoms with Crippen LogP contribution < -0.4 is 5.32 Å². The lowest BCUT2D eigenvalue weighted by molar-refractivity contribution is 0.0924. The highest BCUT2D eigenvalue weighted by Gasteiger charge is 2.32. The van der Waals surface area contributed by atoms with E-state index in [2.05, 4.69) is 17.1 Å². The molecule has 0 spiro atoms. The molecule has 4 heteroatoms. The van der Waals surface area contributed by atoms with Gasteiger partial charge in [-0.25, -0.2) is 4.39 Å². The zero-order valence-electron chi connectivity index (χ0n) is 12.9. The van der Waals surface area contributed by atoms with Crippen LogP contribution in [0.3, 0.4) is 0 Å². The molecule has 2 rings (SSSR count). The van der Waals surface area contributed by atoms with Gasteiger partial charge in [0.2, 0.25) is 0 Å². The topological polar surface area (TPSA) is 39.1 Å². The molecule has 1 aromatic rings. The molecule has 1 fully saturated rings. The summed E-state index contributed by atoms with van der Waals surface area (Å²) in [5.41, 5.74) is 1.22. The highest BCUT2D eigenvalue weighted by Crippen LogP contribution is 2.36. The lowest BCUT2D eigenvalue weighted by atomic mass is 9.84. The molecule has 0 amide bonds. The van der Waals surface area contributed by atoms with Crippen molar-refractivity contribution in [1.82, 2.24) is 10.2 Å². The Morgan fingerprint density at radius 3 is 2.95 bits per heavy atom. The molecule has 1 aliphatic heterocycles. The summed E-state index contributed by atoms with van der Waals surface area (Å²) >= 11 is 0. The van der Waals surface area contributed by atoms with E-state index in [4.69, 9.17) is 5.26 Å². The fourth-order valence-corrected chi connectivity index (χ4v) is 3.46. The zero-order valence-corrected chi connectivity index (χ0v) is 12.9. The third-order valence-electron chi connectivity index (χ3n) is 4.29. The molecule has 0 aromatic heterocycles. The minimum absolute atomic E-state index is 0.151. The smallest absolute Gasteiger partial charge is 0.140 e. The fourth-order valence-electron chi connectivity index (χ4n) is 3.46. The molecule has 0 saturated carbocycles. The molecule has 1 aromatic carbocycles. The first-order valence-corrected chi connectivity index (χ1v) is 7.79. The summed E-state index contributed by atoms with van der Waals surface area (Å²) in [5.74, 6) is 0.0802. The summed E-state index contributed by atoms with van der Waals surface area (Å²) in [5, 5.41) is 12.3. The van der Waals surface area contributed by atoms with Gasteiger partial charge in [0.05, 0.1) is 5.56 Å². The molecule has 3 nitrogen and oxygen atoms in total. The largest absolute Gasteiger partial charge is 0.319 e. The van der Waals surface area contributed by atoms with Crippen molar-refractivity contribution in [1.29, 1.82) is 5.26 Å². The molecule has 0 radical (unpaired) electrons.